The normalized spacial score (nSPS) is 10.5. The van der Waals surface area contributed by atoms with Gasteiger partial charge in [-0.2, -0.15) is 0 Å². The van der Waals surface area contributed by atoms with Gasteiger partial charge in [0.1, 0.15) is 0 Å². The molecule has 3 heteroatoms. The van der Waals surface area contributed by atoms with Gasteiger partial charge in [-0.1, -0.05) is 0 Å². The second-order valence-corrected chi connectivity index (χ2v) is 19.3. The number of hydrogen-bond acceptors (Lipinski definition) is 0. The summed E-state index contributed by atoms with van der Waals surface area (Å²) < 4.78 is 6.92. The van der Waals surface area contributed by atoms with Crippen molar-refractivity contribution in [2.45, 2.75) is 36.1 Å². The van der Waals surface area contributed by atoms with E-state index in [2.05, 4.69) is 55.0 Å². The van der Waals surface area contributed by atoms with E-state index >= 15 is 0 Å². The molecule has 0 aliphatic carbocycles. The summed E-state index contributed by atoms with van der Waals surface area (Å²) >= 11 is -2.21. The maximum atomic E-state index is 3.46. The Morgan fingerprint density at radius 1 is 0.769 bits per heavy atom. The van der Waals surface area contributed by atoms with Gasteiger partial charge in [-0.05, 0) is 0 Å². The molecule has 0 atom stereocenters. The Hall–Kier alpha value is 0.352. The standard InChI is InChI=1S/2C4H6Si.2CH3.Sn/c2*1-4-5(2)3;;;/h2*2-3H3;2*1H3;. The molecule has 0 aliphatic rings. The van der Waals surface area contributed by atoms with Crippen LogP contribution in [0.5, 0.6) is 0 Å². The van der Waals surface area contributed by atoms with Crippen molar-refractivity contribution in [3.05, 3.63) is 0 Å². The van der Waals surface area contributed by atoms with Gasteiger partial charge in [-0.25, -0.2) is 0 Å². The van der Waals surface area contributed by atoms with Crippen molar-refractivity contribution in [2.24, 2.45) is 0 Å². The Labute approximate surface area is 90.6 Å². The number of rotatable bonds is 0. The first-order chi connectivity index (χ1) is 5.83. The molecule has 0 fully saturated rings. The second kappa shape index (κ2) is 5.95. The van der Waals surface area contributed by atoms with Gasteiger partial charge < -0.3 is 0 Å². The van der Waals surface area contributed by atoms with Crippen LogP contribution in [-0.4, -0.2) is 36.0 Å². The fourth-order valence-electron chi connectivity index (χ4n) is 0.594. The van der Waals surface area contributed by atoms with Gasteiger partial charge in [0.05, 0.1) is 0 Å². The van der Waals surface area contributed by atoms with Gasteiger partial charge >= 0.3 is 91.0 Å². The van der Waals surface area contributed by atoms with Crippen molar-refractivity contribution in [3.8, 4) is 19.0 Å². The summed E-state index contributed by atoms with van der Waals surface area (Å²) in [5, 5.41) is 0. The van der Waals surface area contributed by atoms with E-state index in [-0.39, 0.29) is 17.6 Å². The summed E-state index contributed by atoms with van der Waals surface area (Å²) in [6.45, 7) is 8.95. The van der Waals surface area contributed by atoms with Crippen LogP contribution in [0, 0.1) is 19.0 Å². The van der Waals surface area contributed by atoms with Crippen molar-refractivity contribution >= 4 is 36.0 Å². The maximum absolute atomic E-state index is 3.46. The van der Waals surface area contributed by atoms with Gasteiger partial charge in [-0.15, -0.1) is 0 Å². The molecule has 13 heavy (non-hydrogen) atoms. The third-order valence-electron chi connectivity index (χ3n) is 1.25. The number of hydrogen-bond donors (Lipinski definition) is 0. The minimum atomic E-state index is -2.21. The van der Waals surface area contributed by atoms with E-state index in [1.807, 2.05) is 0 Å². The molecular formula is C10H18Si2Sn. The Morgan fingerprint density at radius 3 is 1.31 bits per heavy atom. The van der Waals surface area contributed by atoms with Gasteiger partial charge in [0.2, 0.25) is 0 Å². The van der Waals surface area contributed by atoms with Crippen LogP contribution < -0.4 is 0 Å². The Morgan fingerprint density at radius 2 is 1.08 bits per heavy atom. The van der Waals surface area contributed by atoms with Crippen molar-refractivity contribution in [2.75, 3.05) is 0 Å². The molecule has 70 valence electrons. The van der Waals surface area contributed by atoms with Crippen molar-refractivity contribution in [1.82, 2.24) is 0 Å². The zero-order valence-electron chi connectivity index (χ0n) is 9.50. The molecule has 0 spiro atoms. The topological polar surface area (TPSA) is 0 Å². The average molecular weight is 313 g/mol. The summed E-state index contributed by atoms with van der Waals surface area (Å²) in [6.07, 6.45) is 0. The van der Waals surface area contributed by atoms with Crippen LogP contribution in [0.2, 0.25) is 36.1 Å². The molecule has 0 unspecified atom stereocenters. The molecule has 0 aromatic heterocycles. The molecule has 0 heterocycles. The van der Waals surface area contributed by atoms with Crippen molar-refractivity contribution in [3.63, 3.8) is 0 Å². The fourth-order valence-corrected chi connectivity index (χ4v) is 11.5. The Bertz CT molecular complexity index is 243. The first-order valence-corrected chi connectivity index (χ1v) is 18.1. The van der Waals surface area contributed by atoms with Crippen molar-refractivity contribution < 1.29 is 0 Å². The molecule has 0 aromatic carbocycles. The van der Waals surface area contributed by atoms with E-state index in [1.54, 1.807) is 0 Å². The second-order valence-electron chi connectivity index (χ2n) is 4.12. The van der Waals surface area contributed by atoms with Gasteiger partial charge in [0.15, 0.2) is 0 Å². The van der Waals surface area contributed by atoms with Crippen LogP contribution in [0.15, 0.2) is 0 Å². The van der Waals surface area contributed by atoms with Crippen LogP contribution in [0.3, 0.4) is 0 Å². The van der Waals surface area contributed by atoms with Crippen LogP contribution in [0.25, 0.3) is 0 Å². The van der Waals surface area contributed by atoms with Crippen LogP contribution in [0.1, 0.15) is 0 Å². The predicted octanol–water partition coefficient (Wildman–Crippen LogP) is 2.37. The van der Waals surface area contributed by atoms with E-state index in [0.717, 1.165) is 0 Å². The first kappa shape index (κ1) is 13.4. The zero-order valence-corrected chi connectivity index (χ0v) is 14.4. The van der Waals surface area contributed by atoms with E-state index in [9.17, 15) is 0 Å². The SMILES string of the molecule is C[Si](C)C#[C][Sn]([CH3])([CH3])[C]#C[Si](C)C. The van der Waals surface area contributed by atoms with E-state index in [4.69, 9.17) is 0 Å². The summed E-state index contributed by atoms with van der Waals surface area (Å²) in [4.78, 5) is 4.62. The first-order valence-electron chi connectivity index (χ1n) is 4.50. The summed E-state index contributed by atoms with van der Waals surface area (Å²) in [5.41, 5.74) is 6.73. The van der Waals surface area contributed by atoms with Crippen molar-refractivity contribution in [1.29, 1.82) is 0 Å². The van der Waals surface area contributed by atoms with Crippen LogP contribution >= 0.6 is 0 Å². The molecule has 0 saturated carbocycles. The molecule has 0 nitrogen and oxygen atoms in total. The van der Waals surface area contributed by atoms with E-state index in [1.165, 1.54) is 0 Å². The average Bonchev–Trinajstić information content (AvgIpc) is 1.98. The third kappa shape index (κ3) is 8.68. The zero-order chi connectivity index (χ0) is 10.5. The fraction of sp³-hybridized carbons (Fsp3) is 0.600. The molecule has 0 bridgehead atoms. The summed E-state index contributed by atoms with van der Waals surface area (Å²) in [5.74, 6) is 0. The molecule has 0 aliphatic heterocycles. The minimum absolute atomic E-state index is 0.373. The molecule has 0 N–H and O–H groups in total. The summed E-state index contributed by atoms with van der Waals surface area (Å²) in [7, 11) is -0.747. The Kier molecular flexibility index (Phi) is 6.11. The monoisotopic (exact) mass is 314 g/mol. The van der Waals surface area contributed by atoms with Gasteiger partial charge in [-0.3, -0.25) is 0 Å². The van der Waals surface area contributed by atoms with Crippen LogP contribution in [0.4, 0.5) is 0 Å². The molecule has 0 rings (SSSR count). The Balaban J connectivity index is 4.46. The van der Waals surface area contributed by atoms with Gasteiger partial charge in [0, 0.05) is 0 Å². The molecule has 0 saturated heterocycles. The van der Waals surface area contributed by atoms with E-state index in [0.29, 0.717) is 0 Å². The predicted molar refractivity (Wildman–Crippen MR) is 68.0 cm³/mol. The van der Waals surface area contributed by atoms with Crippen LogP contribution in [-0.2, 0) is 0 Å². The third-order valence-corrected chi connectivity index (χ3v) is 8.21. The molecule has 0 amide bonds. The molecule has 2 radical (unpaired) electrons. The summed E-state index contributed by atoms with van der Waals surface area (Å²) in [6, 6.07) is 0. The molecular weight excluding hydrogens is 295 g/mol. The quantitative estimate of drug-likeness (QED) is 0.476. The van der Waals surface area contributed by atoms with E-state index < -0.39 is 18.4 Å². The molecule has 0 aromatic rings. The van der Waals surface area contributed by atoms with Gasteiger partial charge in [0.25, 0.3) is 0 Å².